The third-order valence-corrected chi connectivity index (χ3v) is 2.62. The number of hydrogen-bond donors (Lipinski definition) is 1. The Bertz CT molecular complexity index is 348. The van der Waals surface area contributed by atoms with Gasteiger partial charge in [0.2, 0.25) is 0 Å². The van der Waals surface area contributed by atoms with Crippen LogP contribution in [0, 0.1) is 0 Å². The zero-order valence-corrected chi connectivity index (χ0v) is 7.93. The van der Waals surface area contributed by atoms with Crippen molar-refractivity contribution in [3.05, 3.63) is 17.8 Å². The number of aromatic nitrogens is 1. The van der Waals surface area contributed by atoms with Crippen LogP contribution >= 0.6 is 0 Å². The first-order valence-electron chi connectivity index (χ1n) is 4.57. The third-order valence-electron chi connectivity index (χ3n) is 2.62. The molecule has 1 saturated heterocycles. The molecule has 1 aliphatic rings. The van der Waals surface area contributed by atoms with Crippen molar-refractivity contribution in [2.75, 3.05) is 13.6 Å². The number of nitrogens with zero attached hydrogens (tertiary/aromatic N) is 2. The molecule has 0 bridgehead atoms. The van der Waals surface area contributed by atoms with Crippen LogP contribution in [0.1, 0.15) is 35.1 Å². The second-order valence-corrected chi connectivity index (χ2v) is 3.51. The van der Waals surface area contributed by atoms with E-state index in [2.05, 4.69) is 9.88 Å². The molecule has 0 radical (unpaired) electrons. The lowest BCUT2D eigenvalue weighted by Gasteiger charge is -2.16. The van der Waals surface area contributed by atoms with Gasteiger partial charge in [-0.05, 0) is 26.4 Å². The summed E-state index contributed by atoms with van der Waals surface area (Å²) < 4.78 is 5.15. The fourth-order valence-electron chi connectivity index (χ4n) is 1.89. The van der Waals surface area contributed by atoms with Gasteiger partial charge in [-0.2, -0.15) is 0 Å². The Hall–Kier alpha value is -1.36. The molecule has 1 fully saturated rings. The van der Waals surface area contributed by atoms with Crippen molar-refractivity contribution >= 4 is 5.97 Å². The molecule has 5 heteroatoms. The first kappa shape index (κ1) is 9.21. The molecule has 0 saturated carbocycles. The van der Waals surface area contributed by atoms with Crippen LogP contribution in [0.2, 0.25) is 0 Å². The maximum Gasteiger partial charge on any atom is 0.358 e. The number of hydrogen-bond acceptors (Lipinski definition) is 4. The van der Waals surface area contributed by atoms with Crippen molar-refractivity contribution < 1.29 is 14.3 Å². The molecule has 1 atom stereocenters. The highest BCUT2D eigenvalue weighted by Crippen LogP contribution is 2.31. The number of carboxylic acids is 1. The molecule has 14 heavy (non-hydrogen) atoms. The van der Waals surface area contributed by atoms with E-state index in [1.54, 1.807) is 0 Å². The highest BCUT2D eigenvalue weighted by atomic mass is 16.4. The van der Waals surface area contributed by atoms with Gasteiger partial charge in [0.15, 0.2) is 17.8 Å². The standard InChI is InChI=1S/C9H12N2O3/c1-11-4-2-3-6(11)8-7(9(12)13)10-5-14-8/h5-6H,2-4H2,1H3,(H,12,13)/t6-/m1/s1. The molecule has 0 aliphatic carbocycles. The van der Waals surface area contributed by atoms with Crippen molar-refractivity contribution in [1.29, 1.82) is 0 Å². The van der Waals surface area contributed by atoms with E-state index in [1.807, 2.05) is 7.05 Å². The lowest BCUT2D eigenvalue weighted by Crippen LogP contribution is -2.19. The van der Waals surface area contributed by atoms with E-state index in [0.29, 0.717) is 5.76 Å². The largest absolute Gasteiger partial charge is 0.476 e. The average molecular weight is 196 g/mol. The SMILES string of the molecule is CN1CCC[C@@H]1c1ocnc1C(=O)O. The lowest BCUT2D eigenvalue weighted by molar-refractivity contribution is 0.0686. The molecule has 1 aromatic rings. The molecular formula is C9H12N2O3. The molecular weight excluding hydrogens is 184 g/mol. The minimum atomic E-state index is -1.02. The Morgan fingerprint density at radius 1 is 1.79 bits per heavy atom. The van der Waals surface area contributed by atoms with E-state index >= 15 is 0 Å². The van der Waals surface area contributed by atoms with Crippen molar-refractivity contribution in [2.45, 2.75) is 18.9 Å². The van der Waals surface area contributed by atoms with Gasteiger partial charge in [-0.1, -0.05) is 0 Å². The van der Waals surface area contributed by atoms with Crippen molar-refractivity contribution in [2.24, 2.45) is 0 Å². The first-order chi connectivity index (χ1) is 6.70. The molecule has 1 aromatic heterocycles. The molecule has 5 nitrogen and oxygen atoms in total. The molecule has 0 aromatic carbocycles. The molecule has 2 heterocycles. The highest BCUT2D eigenvalue weighted by Gasteiger charge is 2.30. The predicted molar refractivity (Wildman–Crippen MR) is 48.1 cm³/mol. The van der Waals surface area contributed by atoms with Crippen LogP contribution in [0.3, 0.4) is 0 Å². The summed E-state index contributed by atoms with van der Waals surface area (Å²) in [6.45, 7) is 0.977. The summed E-state index contributed by atoms with van der Waals surface area (Å²) in [5.41, 5.74) is 0.0451. The van der Waals surface area contributed by atoms with Gasteiger partial charge in [-0.3, -0.25) is 4.90 Å². The van der Waals surface area contributed by atoms with Crippen LogP contribution in [0.15, 0.2) is 10.8 Å². The zero-order valence-electron chi connectivity index (χ0n) is 7.93. The van der Waals surface area contributed by atoms with E-state index in [-0.39, 0.29) is 11.7 Å². The molecule has 76 valence electrons. The van der Waals surface area contributed by atoms with Crippen molar-refractivity contribution in [1.82, 2.24) is 9.88 Å². The Labute approximate surface area is 81.3 Å². The molecule has 1 N–H and O–H groups in total. The fraction of sp³-hybridized carbons (Fsp3) is 0.556. The van der Waals surface area contributed by atoms with Crippen molar-refractivity contribution in [3.8, 4) is 0 Å². The third kappa shape index (κ3) is 1.39. The van der Waals surface area contributed by atoms with E-state index in [9.17, 15) is 4.79 Å². The van der Waals surface area contributed by atoms with E-state index < -0.39 is 5.97 Å². The Balaban J connectivity index is 2.31. The summed E-state index contributed by atoms with van der Waals surface area (Å²) in [6, 6.07) is 0.0728. The predicted octanol–water partition coefficient (Wildman–Crippen LogP) is 1.14. The van der Waals surface area contributed by atoms with Crippen LogP contribution in [-0.2, 0) is 0 Å². The summed E-state index contributed by atoms with van der Waals surface area (Å²) in [5, 5.41) is 8.86. The molecule has 0 amide bonds. The van der Waals surface area contributed by atoms with Crippen LogP contribution < -0.4 is 0 Å². The minimum Gasteiger partial charge on any atom is -0.476 e. The van der Waals surface area contributed by atoms with Crippen molar-refractivity contribution in [3.63, 3.8) is 0 Å². The van der Waals surface area contributed by atoms with Gasteiger partial charge in [-0.15, -0.1) is 0 Å². The Kier molecular flexibility index (Phi) is 2.25. The van der Waals surface area contributed by atoms with Gasteiger partial charge >= 0.3 is 5.97 Å². The number of aromatic carboxylic acids is 1. The van der Waals surface area contributed by atoms with E-state index in [0.717, 1.165) is 19.4 Å². The number of likely N-dealkylation sites (tertiary alicyclic amines) is 1. The van der Waals surface area contributed by atoms with Gasteiger partial charge in [-0.25, -0.2) is 9.78 Å². The summed E-state index contributed by atoms with van der Waals surface area (Å²) >= 11 is 0. The van der Waals surface area contributed by atoms with Crippen LogP contribution in [0.25, 0.3) is 0 Å². The fourth-order valence-corrected chi connectivity index (χ4v) is 1.89. The smallest absolute Gasteiger partial charge is 0.358 e. The van der Waals surface area contributed by atoms with Gasteiger partial charge in [0, 0.05) is 0 Å². The topological polar surface area (TPSA) is 66.6 Å². The minimum absolute atomic E-state index is 0.0451. The number of carboxylic acid groups (broad SMARTS) is 1. The summed E-state index contributed by atoms with van der Waals surface area (Å²) in [7, 11) is 1.96. The van der Waals surface area contributed by atoms with Gasteiger partial charge in [0.05, 0.1) is 6.04 Å². The average Bonchev–Trinajstić information content (AvgIpc) is 2.70. The summed E-state index contributed by atoms with van der Waals surface area (Å²) in [4.78, 5) is 16.6. The number of rotatable bonds is 2. The lowest BCUT2D eigenvalue weighted by atomic mass is 10.1. The second-order valence-electron chi connectivity index (χ2n) is 3.51. The van der Waals surface area contributed by atoms with Crippen LogP contribution in [-0.4, -0.2) is 34.6 Å². The Morgan fingerprint density at radius 2 is 2.57 bits per heavy atom. The first-order valence-corrected chi connectivity index (χ1v) is 4.57. The quantitative estimate of drug-likeness (QED) is 0.768. The summed E-state index contributed by atoms with van der Waals surface area (Å²) in [6.07, 6.45) is 3.21. The van der Waals surface area contributed by atoms with Crippen LogP contribution in [0.4, 0.5) is 0 Å². The second kappa shape index (κ2) is 3.42. The number of oxazole rings is 1. The normalized spacial score (nSPS) is 22.8. The van der Waals surface area contributed by atoms with Gasteiger partial charge in [0.1, 0.15) is 0 Å². The molecule has 0 unspecified atom stereocenters. The van der Waals surface area contributed by atoms with Crippen LogP contribution in [0.5, 0.6) is 0 Å². The Morgan fingerprint density at radius 3 is 3.14 bits per heavy atom. The maximum atomic E-state index is 10.8. The molecule has 2 rings (SSSR count). The molecule has 0 spiro atoms. The summed E-state index contributed by atoms with van der Waals surface area (Å²) in [5.74, 6) is -0.536. The molecule has 1 aliphatic heterocycles. The monoisotopic (exact) mass is 196 g/mol. The number of carbonyl (C=O) groups is 1. The zero-order chi connectivity index (χ0) is 10.1. The maximum absolute atomic E-state index is 10.8. The van der Waals surface area contributed by atoms with E-state index in [1.165, 1.54) is 6.39 Å². The highest BCUT2D eigenvalue weighted by molar-refractivity contribution is 5.86. The van der Waals surface area contributed by atoms with Gasteiger partial charge in [0.25, 0.3) is 0 Å². The van der Waals surface area contributed by atoms with Gasteiger partial charge < -0.3 is 9.52 Å². The van der Waals surface area contributed by atoms with E-state index in [4.69, 9.17) is 9.52 Å².